The number of pyridine rings is 1. The van der Waals surface area contributed by atoms with Gasteiger partial charge >= 0.3 is 0 Å². The number of rotatable bonds is 8. The maximum absolute atomic E-state index is 12.7. The Kier molecular flexibility index (Phi) is 6.03. The molecule has 0 saturated carbocycles. The minimum Gasteiger partial charge on any atom is -0.493 e. The van der Waals surface area contributed by atoms with Gasteiger partial charge in [0.25, 0.3) is 11.6 Å². The zero-order valence-corrected chi connectivity index (χ0v) is 15.9. The molecule has 0 aliphatic carbocycles. The first kappa shape index (κ1) is 19.8. The van der Waals surface area contributed by atoms with Gasteiger partial charge in [-0.15, -0.1) is 0 Å². The van der Waals surface area contributed by atoms with Crippen molar-refractivity contribution in [2.45, 2.75) is 13.5 Å². The first-order valence-corrected chi connectivity index (χ1v) is 8.76. The van der Waals surface area contributed by atoms with Crippen LogP contribution in [-0.4, -0.2) is 39.3 Å². The second kappa shape index (κ2) is 8.83. The molecule has 0 unspecified atom stereocenters. The first-order valence-electron chi connectivity index (χ1n) is 8.76. The Morgan fingerprint density at radius 3 is 2.76 bits per heavy atom. The number of hydrogen-bond donors (Lipinski definition) is 1. The average Bonchev–Trinajstić information content (AvgIpc) is 3.26. The van der Waals surface area contributed by atoms with Gasteiger partial charge in [0.15, 0.2) is 17.3 Å². The lowest BCUT2D eigenvalue weighted by atomic mass is 10.1. The number of nitrogens with one attached hydrogen (secondary N) is 1. The molecular weight excluding hydrogens is 378 g/mol. The zero-order valence-electron chi connectivity index (χ0n) is 15.9. The van der Waals surface area contributed by atoms with Crippen LogP contribution in [0.2, 0.25) is 0 Å². The van der Waals surface area contributed by atoms with Crippen molar-refractivity contribution in [1.29, 1.82) is 0 Å². The smallest absolute Gasteiger partial charge is 0.286 e. The lowest BCUT2D eigenvalue weighted by Gasteiger charge is -2.13. The summed E-state index contributed by atoms with van der Waals surface area (Å²) >= 11 is 0. The van der Waals surface area contributed by atoms with E-state index in [1.165, 1.54) is 19.2 Å². The SMILES string of the molecule is CCOc1cc([N+](=O)[O-])c(C(=O)NCc2cccnc2-n2cccn2)cc1OC. The van der Waals surface area contributed by atoms with Gasteiger partial charge in [-0.25, -0.2) is 9.67 Å². The van der Waals surface area contributed by atoms with Crippen LogP contribution in [0.25, 0.3) is 5.82 Å². The van der Waals surface area contributed by atoms with Crippen LogP contribution in [-0.2, 0) is 6.54 Å². The molecule has 3 aromatic rings. The normalized spacial score (nSPS) is 10.4. The summed E-state index contributed by atoms with van der Waals surface area (Å²) in [5.41, 5.74) is 0.204. The van der Waals surface area contributed by atoms with Crippen LogP contribution in [0.1, 0.15) is 22.8 Å². The van der Waals surface area contributed by atoms with Crippen molar-refractivity contribution in [3.63, 3.8) is 0 Å². The monoisotopic (exact) mass is 397 g/mol. The highest BCUT2D eigenvalue weighted by Gasteiger charge is 2.25. The lowest BCUT2D eigenvalue weighted by molar-refractivity contribution is -0.385. The van der Waals surface area contributed by atoms with Gasteiger partial charge < -0.3 is 14.8 Å². The van der Waals surface area contributed by atoms with Crippen LogP contribution in [0.4, 0.5) is 5.69 Å². The number of nitrogens with zero attached hydrogens (tertiary/aromatic N) is 4. The lowest BCUT2D eigenvalue weighted by Crippen LogP contribution is -2.25. The number of carbonyl (C=O) groups excluding carboxylic acids is 1. The number of ether oxygens (including phenoxy) is 2. The van der Waals surface area contributed by atoms with Crippen molar-refractivity contribution in [3.8, 4) is 17.3 Å². The van der Waals surface area contributed by atoms with Crippen LogP contribution in [0.15, 0.2) is 48.9 Å². The second-order valence-corrected chi connectivity index (χ2v) is 5.83. The standard InChI is InChI=1S/C19H19N5O5/c1-3-29-17-11-15(24(26)27)14(10-16(17)28-2)19(25)21-12-13-6-4-7-20-18(13)23-9-5-8-22-23/h4-11H,3,12H2,1-2H3,(H,21,25). The number of benzene rings is 1. The highest BCUT2D eigenvalue weighted by Crippen LogP contribution is 2.34. The van der Waals surface area contributed by atoms with Crippen molar-refractivity contribution >= 4 is 11.6 Å². The third kappa shape index (κ3) is 4.32. The Labute approximate surface area is 166 Å². The molecule has 0 atom stereocenters. The first-order chi connectivity index (χ1) is 14.0. The van der Waals surface area contributed by atoms with Crippen LogP contribution < -0.4 is 14.8 Å². The number of methoxy groups -OCH3 is 1. The number of nitro groups is 1. The molecule has 0 fully saturated rings. The average molecular weight is 397 g/mol. The summed E-state index contributed by atoms with van der Waals surface area (Å²) in [5, 5.41) is 18.3. The Hall–Kier alpha value is -3.95. The Morgan fingerprint density at radius 1 is 1.28 bits per heavy atom. The highest BCUT2D eigenvalue weighted by molar-refractivity contribution is 5.99. The van der Waals surface area contributed by atoms with Gasteiger partial charge in [-0.2, -0.15) is 5.10 Å². The fourth-order valence-corrected chi connectivity index (χ4v) is 2.75. The molecule has 0 radical (unpaired) electrons. The van der Waals surface area contributed by atoms with Gasteiger partial charge in [-0.05, 0) is 19.1 Å². The molecule has 10 nitrogen and oxygen atoms in total. The van der Waals surface area contributed by atoms with Gasteiger partial charge in [0, 0.05) is 36.8 Å². The Morgan fingerprint density at radius 2 is 2.10 bits per heavy atom. The quantitative estimate of drug-likeness (QED) is 0.458. The van der Waals surface area contributed by atoms with Gasteiger partial charge in [0.2, 0.25) is 0 Å². The van der Waals surface area contributed by atoms with E-state index < -0.39 is 10.8 Å². The van der Waals surface area contributed by atoms with Crippen LogP contribution >= 0.6 is 0 Å². The predicted octanol–water partition coefficient (Wildman–Crippen LogP) is 2.51. The van der Waals surface area contributed by atoms with E-state index in [2.05, 4.69) is 15.4 Å². The Balaban J connectivity index is 1.87. The molecule has 0 saturated heterocycles. The molecule has 2 heterocycles. The number of nitro benzene ring substituents is 1. The number of hydrogen-bond acceptors (Lipinski definition) is 7. The molecule has 0 spiro atoms. The number of amides is 1. The van der Waals surface area contributed by atoms with Crippen molar-refractivity contribution in [2.24, 2.45) is 0 Å². The van der Waals surface area contributed by atoms with E-state index in [4.69, 9.17) is 9.47 Å². The number of carbonyl (C=O) groups is 1. The van der Waals surface area contributed by atoms with Crippen LogP contribution in [0.3, 0.4) is 0 Å². The van der Waals surface area contributed by atoms with Gasteiger partial charge in [-0.3, -0.25) is 14.9 Å². The zero-order chi connectivity index (χ0) is 20.8. The van der Waals surface area contributed by atoms with E-state index in [-0.39, 0.29) is 29.3 Å². The molecule has 1 amide bonds. The molecule has 1 aromatic carbocycles. The molecule has 0 aliphatic heterocycles. The molecule has 2 aromatic heterocycles. The molecule has 29 heavy (non-hydrogen) atoms. The van der Waals surface area contributed by atoms with Gasteiger partial charge in [-0.1, -0.05) is 6.07 Å². The maximum atomic E-state index is 12.7. The summed E-state index contributed by atoms with van der Waals surface area (Å²) in [6, 6.07) is 7.77. The van der Waals surface area contributed by atoms with Gasteiger partial charge in [0.1, 0.15) is 5.56 Å². The summed E-state index contributed by atoms with van der Waals surface area (Å²) < 4.78 is 12.1. The van der Waals surface area contributed by atoms with Crippen molar-refractivity contribution in [3.05, 3.63) is 70.2 Å². The summed E-state index contributed by atoms with van der Waals surface area (Å²) in [6.07, 6.45) is 4.97. The second-order valence-electron chi connectivity index (χ2n) is 5.83. The molecule has 1 N–H and O–H groups in total. The third-order valence-corrected chi connectivity index (χ3v) is 4.05. The molecule has 0 aliphatic rings. The minimum atomic E-state index is -0.629. The minimum absolute atomic E-state index is 0.106. The van der Waals surface area contributed by atoms with Crippen LogP contribution in [0.5, 0.6) is 11.5 Å². The van der Waals surface area contributed by atoms with E-state index in [0.717, 1.165) is 0 Å². The summed E-state index contributed by atoms with van der Waals surface area (Å²) in [6.45, 7) is 2.15. The van der Waals surface area contributed by atoms with E-state index in [0.29, 0.717) is 18.0 Å². The predicted molar refractivity (Wildman–Crippen MR) is 103 cm³/mol. The Bertz CT molecular complexity index is 1020. The van der Waals surface area contributed by atoms with E-state index in [1.54, 1.807) is 48.4 Å². The largest absolute Gasteiger partial charge is 0.493 e. The highest BCUT2D eigenvalue weighted by atomic mass is 16.6. The fourth-order valence-electron chi connectivity index (χ4n) is 2.75. The molecule has 10 heteroatoms. The molecule has 0 bridgehead atoms. The molecule has 3 rings (SSSR count). The number of aromatic nitrogens is 3. The summed E-state index contributed by atoms with van der Waals surface area (Å²) in [4.78, 5) is 27.8. The van der Waals surface area contributed by atoms with Gasteiger partial charge in [0.05, 0.1) is 24.7 Å². The topological polar surface area (TPSA) is 121 Å². The van der Waals surface area contributed by atoms with E-state index >= 15 is 0 Å². The molecular formula is C19H19N5O5. The summed E-state index contributed by atoms with van der Waals surface area (Å²) in [5.74, 6) is 0.373. The molecule has 150 valence electrons. The maximum Gasteiger partial charge on any atom is 0.286 e. The van der Waals surface area contributed by atoms with Crippen molar-refractivity contribution in [1.82, 2.24) is 20.1 Å². The third-order valence-electron chi connectivity index (χ3n) is 4.05. The van der Waals surface area contributed by atoms with E-state index in [9.17, 15) is 14.9 Å². The fraction of sp³-hybridized carbons (Fsp3) is 0.211. The van der Waals surface area contributed by atoms with Crippen molar-refractivity contribution in [2.75, 3.05) is 13.7 Å². The van der Waals surface area contributed by atoms with Crippen molar-refractivity contribution < 1.29 is 19.2 Å². The van der Waals surface area contributed by atoms with Crippen LogP contribution in [0, 0.1) is 10.1 Å². The van der Waals surface area contributed by atoms with E-state index in [1.807, 2.05) is 0 Å². The summed E-state index contributed by atoms with van der Waals surface area (Å²) in [7, 11) is 1.40.